The summed E-state index contributed by atoms with van der Waals surface area (Å²) in [5.74, 6) is 2.25. The van der Waals surface area contributed by atoms with Crippen LogP contribution in [-0.2, 0) is 0 Å². The molecule has 1 aliphatic carbocycles. The molecule has 28 heavy (non-hydrogen) atoms. The molecular weight excluding hydrogens is 362 g/mol. The molecule has 150 valence electrons. The molecule has 2 nitrogen and oxygen atoms in total. The van der Waals surface area contributed by atoms with Crippen molar-refractivity contribution in [2.75, 3.05) is 13.1 Å². The third-order valence-corrected chi connectivity index (χ3v) is 8.10. The van der Waals surface area contributed by atoms with Crippen molar-refractivity contribution in [1.29, 1.82) is 0 Å². The Morgan fingerprint density at radius 1 is 1.04 bits per heavy atom. The van der Waals surface area contributed by atoms with Crippen LogP contribution in [-0.4, -0.2) is 18.9 Å². The SMILES string of the molecule is C[C@H](C(=O)c1csc(C2CCNCC2)c1)C1CCCCC(c2ccccc2)C1. The molecule has 0 amide bonds. The van der Waals surface area contributed by atoms with Gasteiger partial charge in [-0.05, 0) is 74.6 Å². The Labute approximate surface area is 173 Å². The number of carbonyl (C=O) groups is 1. The van der Waals surface area contributed by atoms with E-state index >= 15 is 0 Å². The number of Topliss-reactive ketones (excluding diaryl/α,β-unsaturated/α-hetero) is 1. The third kappa shape index (κ3) is 4.58. The molecule has 1 N–H and O–H groups in total. The molecule has 1 saturated heterocycles. The normalized spacial score (nSPS) is 25.2. The number of piperidine rings is 1. The largest absolute Gasteiger partial charge is 0.317 e. The van der Waals surface area contributed by atoms with Crippen molar-refractivity contribution in [1.82, 2.24) is 5.32 Å². The van der Waals surface area contributed by atoms with Gasteiger partial charge in [0.2, 0.25) is 0 Å². The summed E-state index contributed by atoms with van der Waals surface area (Å²) in [5, 5.41) is 5.56. The van der Waals surface area contributed by atoms with E-state index in [1.165, 1.54) is 49.0 Å². The van der Waals surface area contributed by atoms with Crippen LogP contribution < -0.4 is 5.32 Å². The number of carbonyl (C=O) groups excluding carboxylic acids is 1. The Hall–Kier alpha value is -1.45. The molecule has 1 aromatic heterocycles. The molecule has 1 saturated carbocycles. The van der Waals surface area contributed by atoms with Crippen molar-refractivity contribution in [3.8, 4) is 0 Å². The molecule has 3 atom stereocenters. The molecular formula is C25H33NOS. The second kappa shape index (κ2) is 9.37. The monoisotopic (exact) mass is 395 g/mol. The Bertz CT molecular complexity index is 762. The van der Waals surface area contributed by atoms with Crippen LogP contribution in [0, 0.1) is 11.8 Å². The maximum absolute atomic E-state index is 13.3. The standard InChI is InChI=1S/C25H33NOS/c1-18(21-9-5-6-10-22(15-21)19-7-3-2-4-8-19)25(27)23-16-24(28-17-23)20-11-13-26-14-12-20/h2-4,7-8,16-18,20-22,26H,5-6,9-15H2,1H3/t18-,21?,22?/m0/s1. The molecule has 2 heterocycles. The minimum Gasteiger partial charge on any atom is -0.317 e. The predicted octanol–water partition coefficient (Wildman–Crippen LogP) is 6.40. The van der Waals surface area contributed by atoms with Crippen LogP contribution in [0.4, 0.5) is 0 Å². The second-order valence-corrected chi connectivity index (χ2v) is 9.75. The molecule has 4 rings (SSSR count). The molecule has 2 unspecified atom stereocenters. The van der Waals surface area contributed by atoms with Gasteiger partial charge >= 0.3 is 0 Å². The minimum atomic E-state index is 0.125. The summed E-state index contributed by atoms with van der Waals surface area (Å²) >= 11 is 1.80. The topological polar surface area (TPSA) is 29.1 Å². The number of nitrogens with one attached hydrogen (secondary N) is 1. The van der Waals surface area contributed by atoms with Gasteiger partial charge in [0.05, 0.1) is 0 Å². The number of rotatable bonds is 5. The van der Waals surface area contributed by atoms with Crippen LogP contribution in [0.3, 0.4) is 0 Å². The summed E-state index contributed by atoms with van der Waals surface area (Å²) in [7, 11) is 0. The highest BCUT2D eigenvalue weighted by molar-refractivity contribution is 7.10. The number of hydrogen-bond donors (Lipinski definition) is 1. The van der Waals surface area contributed by atoms with E-state index in [4.69, 9.17) is 0 Å². The van der Waals surface area contributed by atoms with Crippen LogP contribution in [0.1, 0.15) is 84.5 Å². The highest BCUT2D eigenvalue weighted by atomic mass is 32.1. The molecule has 2 aromatic rings. The Kier molecular flexibility index (Phi) is 6.64. The zero-order valence-electron chi connectivity index (χ0n) is 17.0. The van der Waals surface area contributed by atoms with Gasteiger partial charge in [0.1, 0.15) is 0 Å². The lowest BCUT2D eigenvalue weighted by atomic mass is 9.79. The second-order valence-electron chi connectivity index (χ2n) is 8.80. The van der Waals surface area contributed by atoms with Crippen LogP contribution in [0.2, 0.25) is 0 Å². The van der Waals surface area contributed by atoms with Gasteiger partial charge in [-0.2, -0.15) is 0 Å². The van der Waals surface area contributed by atoms with E-state index in [1.54, 1.807) is 11.3 Å². The van der Waals surface area contributed by atoms with Gasteiger partial charge in [-0.25, -0.2) is 0 Å². The molecule has 2 fully saturated rings. The van der Waals surface area contributed by atoms with E-state index < -0.39 is 0 Å². The van der Waals surface area contributed by atoms with E-state index in [0.717, 1.165) is 25.1 Å². The van der Waals surface area contributed by atoms with Gasteiger partial charge in [0.15, 0.2) is 5.78 Å². The summed E-state index contributed by atoms with van der Waals surface area (Å²) in [4.78, 5) is 14.7. The lowest BCUT2D eigenvalue weighted by Crippen LogP contribution is -2.26. The minimum absolute atomic E-state index is 0.125. The Balaban J connectivity index is 1.44. The predicted molar refractivity (Wildman–Crippen MR) is 118 cm³/mol. The van der Waals surface area contributed by atoms with Gasteiger partial charge in [0, 0.05) is 21.7 Å². The Morgan fingerprint density at radius 2 is 1.79 bits per heavy atom. The lowest BCUT2D eigenvalue weighted by molar-refractivity contribution is 0.0875. The zero-order valence-corrected chi connectivity index (χ0v) is 17.8. The fourth-order valence-corrected chi connectivity index (χ4v) is 6.23. The fraction of sp³-hybridized carbons (Fsp3) is 0.560. The number of hydrogen-bond acceptors (Lipinski definition) is 3. The average Bonchev–Trinajstić information content (AvgIpc) is 3.12. The van der Waals surface area contributed by atoms with Crippen molar-refractivity contribution in [2.45, 2.75) is 63.7 Å². The number of benzene rings is 1. The average molecular weight is 396 g/mol. The molecule has 3 heteroatoms. The molecule has 0 radical (unpaired) electrons. The zero-order chi connectivity index (χ0) is 19.3. The molecule has 1 aromatic carbocycles. The van der Waals surface area contributed by atoms with Crippen LogP contribution in [0.5, 0.6) is 0 Å². The van der Waals surface area contributed by atoms with Crippen molar-refractivity contribution in [3.63, 3.8) is 0 Å². The first-order valence-corrected chi connectivity index (χ1v) is 12.0. The van der Waals surface area contributed by atoms with Crippen LogP contribution in [0.25, 0.3) is 0 Å². The molecule has 0 spiro atoms. The number of ketones is 1. The van der Waals surface area contributed by atoms with Gasteiger partial charge < -0.3 is 5.32 Å². The third-order valence-electron chi connectivity index (χ3n) is 7.00. The van der Waals surface area contributed by atoms with Crippen LogP contribution >= 0.6 is 11.3 Å². The highest BCUT2D eigenvalue weighted by Gasteiger charge is 2.30. The quantitative estimate of drug-likeness (QED) is 0.469. The molecule has 1 aliphatic heterocycles. The maximum atomic E-state index is 13.3. The molecule has 0 bridgehead atoms. The maximum Gasteiger partial charge on any atom is 0.166 e. The van der Waals surface area contributed by atoms with Gasteiger partial charge in [-0.1, -0.05) is 50.1 Å². The van der Waals surface area contributed by atoms with Gasteiger partial charge in [-0.15, -0.1) is 11.3 Å². The smallest absolute Gasteiger partial charge is 0.166 e. The summed E-state index contributed by atoms with van der Waals surface area (Å²) in [6, 6.07) is 13.1. The van der Waals surface area contributed by atoms with Gasteiger partial charge in [-0.3, -0.25) is 4.79 Å². The fourth-order valence-electron chi connectivity index (χ4n) is 5.16. The van der Waals surface area contributed by atoms with Crippen molar-refractivity contribution in [3.05, 3.63) is 57.8 Å². The highest BCUT2D eigenvalue weighted by Crippen LogP contribution is 2.39. The summed E-state index contributed by atoms with van der Waals surface area (Å²) in [5.41, 5.74) is 2.42. The lowest BCUT2D eigenvalue weighted by Gasteiger charge is -2.25. The summed E-state index contributed by atoms with van der Waals surface area (Å²) in [6.45, 7) is 4.39. The summed E-state index contributed by atoms with van der Waals surface area (Å²) < 4.78 is 0. The number of thiophene rings is 1. The first-order chi connectivity index (χ1) is 13.7. The van der Waals surface area contributed by atoms with Crippen molar-refractivity contribution in [2.24, 2.45) is 11.8 Å². The van der Waals surface area contributed by atoms with E-state index in [2.05, 4.69) is 54.0 Å². The van der Waals surface area contributed by atoms with Crippen molar-refractivity contribution >= 4 is 17.1 Å². The Morgan fingerprint density at radius 3 is 2.57 bits per heavy atom. The molecule has 2 aliphatic rings. The van der Waals surface area contributed by atoms with E-state index in [9.17, 15) is 4.79 Å². The summed E-state index contributed by atoms with van der Waals surface area (Å²) in [6.07, 6.45) is 8.56. The first-order valence-electron chi connectivity index (χ1n) is 11.1. The van der Waals surface area contributed by atoms with Crippen LogP contribution in [0.15, 0.2) is 41.8 Å². The first kappa shape index (κ1) is 19.8. The van der Waals surface area contributed by atoms with E-state index in [-0.39, 0.29) is 5.92 Å². The van der Waals surface area contributed by atoms with E-state index in [1.807, 2.05) is 0 Å². The van der Waals surface area contributed by atoms with E-state index in [0.29, 0.717) is 23.5 Å². The van der Waals surface area contributed by atoms with Crippen molar-refractivity contribution < 1.29 is 4.79 Å². The van der Waals surface area contributed by atoms with Gasteiger partial charge in [0.25, 0.3) is 0 Å².